The average Bonchev–Trinajstić information content (AvgIpc) is 2.84. The van der Waals surface area contributed by atoms with Gasteiger partial charge in [0.25, 0.3) is 0 Å². The van der Waals surface area contributed by atoms with E-state index in [-0.39, 0.29) is 0 Å². The Hall–Kier alpha value is -3.68. The third-order valence-electron chi connectivity index (χ3n) is 5.78. The summed E-state index contributed by atoms with van der Waals surface area (Å²) in [7, 11) is 0. The maximum atomic E-state index is 12.3. The summed E-state index contributed by atoms with van der Waals surface area (Å²) in [5, 5.41) is 14.5. The van der Waals surface area contributed by atoms with Crippen LogP contribution in [-0.2, 0) is 5.60 Å². The minimum absolute atomic E-state index is 0.852. The van der Waals surface area contributed by atoms with Crippen molar-refractivity contribution in [1.82, 2.24) is 0 Å². The highest BCUT2D eigenvalue weighted by Crippen LogP contribution is 2.40. The first-order chi connectivity index (χ1) is 14.8. The molecule has 0 heterocycles. The van der Waals surface area contributed by atoms with Crippen LogP contribution < -0.4 is 0 Å². The van der Waals surface area contributed by atoms with E-state index < -0.39 is 5.60 Å². The molecule has 1 heteroatoms. The van der Waals surface area contributed by atoms with Crippen LogP contribution in [0.3, 0.4) is 0 Å². The van der Waals surface area contributed by atoms with Gasteiger partial charge in [-0.05, 0) is 33.0 Å². The van der Waals surface area contributed by atoms with E-state index in [0.717, 1.165) is 38.6 Å². The van der Waals surface area contributed by atoms with Crippen molar-refractivity contribution >= 4 is 10.8 Å². The van der Waals surface area contributed by atoms with E-state index in [2.05, 4.69) is 42.5 Å². The van der Waals surface area contributed by atoms with Crippen molar-refractivity contribution in [1.29, 1.82) is 0 Å². The van der Waals surface area contributed by atoms with Gasteiger partial charge in [0, 0.05) is 5.56 Å². The first kappa shape index (κ1) is 18.4. The van der Waals surface area contributed by atoms with Gasteiger partial charge in [-0.2, -0.15) is 0 Å². The molecular weight excluding hydrogens is 364 g/mol. The van der Waals surface area contributed by atoms with Crippen LogP contribution in [0.2, 0.25) is 0 Å². The van der Waals surface area contributed by atoms with Gasteiger partial charge < -0.3 is 5.11 Å². The number of hydrogen-bond donors (Lipinski definition) is 1. The highest BCUT2D eigenvalue weighted by Gasteiger charge is 2.35. The number of benzene rings is 5. The van der Waals surface area contributed by atoms with Crippen molar-refractivity contribution in [3.05, 3.63) is 144 Å². The smallest absolute Gasteiger partial charge is 0.141 e. The van der Waals surface area contributed by atoms with Gasteiger partial charge in [-0.1, -0.05) is 127 Å². The van der Waals surface area contributed by atoms with Gasteiger partial charge in [-0.25, -0.2) is 0 Å². The van der Waals surface area contributed by atoms with E-state index in [1.54, 1.807) is 0 Å². The monoisotopic (exact) mass is 386 g/mol. The van der Waals surface area contributed by atoms with Gasteiger partial charge in [0.05, 0.1) is 0 Å². The minimum atomic E-state index is -1.25. The zero-order valence-corrected chi connectivity index (χ0v) is 16.6. The standard InChI is InChI=1S/C29H22O/c30-29(25-14-5-2-6-15-25,28-17-9-13-24-12-7-8-16-27(24)28)26-20-18-23(19-21-26)22-10-3-1-4-11-22/h1-21,30H/t29-/m1/s1. The summed E-state index contributed by atoms with van der Waals surface area (Å²) in [5.41, 5.74) is 3.64. The van der Waals surface area contributed by atoms with Gasteiger partial charge in [-0.3, -0.25) is 0 Å². The molecular formula is C29H22O. The predicted molar refractivity (Wildman–Crippen MR) is 124 cm³/mol. The fourth-order valence-electron chi connectivity index (χ4n) is 4.23. The van der Waals surface area contributed by atoms with E-state index in [1.165, 1.54) is 0 Å². The van der Waals surface area contributed by atoms with Crippen LogP contribution >= 0.6 is 0 Å². The second-order valence-electron chi connectivity index (χ2n) is 7.55. The van der Waals surface area contributed by atoms with Crippen LogP contribution in [0.4, 0.5) is 0 Å². The number of rotatable bonds is 4. The SMILES string of the molecule is O[C@](c1ccccc1)(c1ccc(-c2ccccc2)cc1)c1cccc2ccccc12. The third kappa shape index (κ3) is 3.10. The molecule has 0 spiro atoms. The molecule has 1 N–H and O–H groups in total. The quantitative estimate of drug-likeness (QED) is 0.337. The molecule has 5 rings (SSSR count). The summed E-state index contributed by atoms with van der Waals surface area (Å²) in [6, 6.07) is 42.8. The normalized spacial score (nSPS) is 13.1. The van der Waals surface area contributed by atoms with Gasteiger partial charge in [0.2, 0.25) is 0 Å². The third-order valence-corrected chi connectivity index (χ3v) is 5.78. The molecule has 0 saturated heterocycles. The van der Waals surface area contributed by atoms with Crippen LogP contribution in [0.5, 0.6) is 0 Å². The van der Waals surface area contributed by atoms with Crippen molar-refractivity contribution in [3.63, 3.8) is 0 Å². The molecule has 0 bridgehead atoms. The molecule has 0 amide bonds. The van der Waals surface area contributed by atoms with Gasteiger partial charge in [0.1, 0.15) is 5.60 Å². The van der Waals surface area contributed by atoms with Crippen molar-refractivity contribution in [2.45, 2.75) is 5.60 Å². The lowest BCUT2D eigenvalue weighted by Crippen LogP contribution is -2.29. The maximum Gasteiger partial charge on any atom is 0.141 e. The Morgan fingerprint density at radius 3 is 1.70 bits per heavy atom. The van der Waals surface area contributed by atoms with Crippen molar-refractivity contribution in [2.75, 3.05) is 0 Å². The molecule has 0 fully saturated rings. The number of hydrogen-bond acceptors (Lipinski definition) is 1. The van der Waals surface area contributed by atoms with Crippen molar-refractivity contribution in [3.8, 4) is 11.1 Å². The Kier molecular flexibility index (Phi) is 4.66. The van der Waals surface area contributed by atoms with E-state index in [4.69, 9.17) is 0 Å². The molecule has 1 atom stereocenters. The molecule has 5 aromatic carbocycles. The second-order valence-corrected chi connectivity index (χ2v) is 7.55. The number of aliphatic hydroxyl groups is 1. The highest BCUT2D eigenvalue weighted by molar-refractivity contribution is 5.87. The fourth-order valence-corrected chi connectivity index (χ4v) is 4.23. The lowest BCUT2D eigenvalue weighted by molar-refractivity contribution is 0.127. The molecule has 0 unspecified atom stereocenters. The van der Waals surface area contributed by atoms with Crippen LogP contribution in [-0.4, -0.2) is 5.11 Å². The molecule has 144 valence electrons. The molecule has 0 aromatic heterocycles. The highest BCUT2D eigenvalue weighted by atomic mass is 16.3. The molecule has 0 aliphatic heterocycles. The first-order valence-corrected chi connectivity index (χ1v) is 10.2. The largest absolute Gasteiger partial charge is 0.376 e. The molecule has 0 saturated carbocycles. The molecule has 5 aromatic rings. The van der Waals surface area contributed by atoms with Gasteiger partial charge in [0.15, 0.2) is 0 Å². The molecule has 0 aliphatic carbocycles. The lowest BCUT2D eigenvalue weighted by Gasteiger charge is -2.31. The fraction of sp³-hybridized carbons (Fsp3) is 0.0345. The zero-order valence-electron chi connectivity index (χ0n) is 16.6. The van der Waals surface area contributed by atoms with Crippen molar-refractivity contribution in [2.24, 2.45) is 0 Å². The second kappa shape index (κ2) is 7.62. The van der Waals surface area contributed by atoms with Crippen LogP contribution in [0.1, 0.15) is 16.7 Å². The van der Waals surface area contributed by atoms with E-state index >= 15 is 0 Å². The Morgan fingerprint density at radius 1 is 0.433 bits per heavy atom. The first-order valence-electron chi connectivity index (χ1n) is 10.2. The summed E-state index contributed by atoms with van der Waals surface area (Å²) >= 11 is 0. The Bertz CT molecular complexity index is 1270. The molecule has 0 aliphatic rings. The Labute approximate surface area is 176 Å². The maximum absolute atomic E-state index is 12.3. The summed E-state index contributed by atoms with van der Waals surface area (Å²) in [6.07, 6.45) is 0. The molecule has 1 nitrogen and oxygen atoms in total. The minimum Gasteiger partial charge on any atom is -0.376 e. The summed E-state index contributed by atoms with van der Waals surface area (Å²) in [4.78, 5) is 0. The van der Waals surface area contributed by atoms with Crippen LogP contribution in [0.15, 0.2) is 127 Å². The summed E-state index contributed by atoms with van der Waals surface area (Å²) in [6.45, 7) is 0. The van der Waals surface area contributed by atoms with E-state index in [1.807, 2.05) is 84.9 Å². The van der Waals surface area contributed by atoms with Crippen LogP contribution in [0.25, 0.3) is 21.9 Å². The Balaban J connectivity index is 1.72. The summed E-state index contributed by atoms with van der Waals surface area (Å²) < 4.78 is 0. The topological polar surface area (TPSA) is 20.2 Å². The molecule has 0 radical (unpaired) electrons. The summed E-state index contributed by atoms with van der Waals surface area (Å²) in [5.74, 6) is 0. The average molecular weight is 386 g/mol. The van der Waals surface area contributed by atoms with E-state index in [0.29, 0.717) is 0 Å². The van der Waals surface area contributed by atoms with Crippen molar-refractivity contribution < 1.29 is 5.11 Å². The van der Waals surface area contributed by atoms with Gasteiger partial charge >= 0.3 is 0 Å². The van der Waals surface area contributed by atoms with E-state index in [9.17, 15) is 5.11 Å². The van der Waals surface area contributed by atoms with Crippen LogP contribution in [0, 0.1) is 0 Å². The Morgan fingerprint density at radius 2 is 0.967 bits per heavy atom. The van der Waals surface area contributed by atoms with Gasteiger partial charge in [-0.15, -0.1) is 0 Å². The molecule has 30 heavy (non-hydrogen) atoms. The predicted octanol–water partition coefficient (Wildman–Crippen LogP) is 6.79. The zero-order chi connectivity index (χ0) is 20.4. The number of fused-ring (bicyclic) bond motifs is 1. The lowest BCUT2D eigenvalue weighted by atomic mass is 9.78.